The van der Waals surface area contributed by atoms with E-state index in [0.29, 0.717) is 0 Å². The molecule has 1 aromatic heterocycles. The summed E-state index contributed by atoms with van der Waals surface area (Å²) in [5, 5.41) is 2.45. The van der Waals surface area contributed by atoms with Crippen LogP contribution in [0.15, 0.2) is 376 Å². The van der Waals surface area contributed by atoms with Gasteiger partial charge in [-0.25, -0.2) is 0 Å². The van der Waals surface area contributed by atoms with Crippen LogP contribution in [0.2, 0.25) is 0 Å². The second-order valence-corrected chi connectivity index (χ2v) is 31.1. The zero-order valence-corrected chi connectivity index (χ0v) is 59.2. The number of fused-ring (bicyclic) bond motifs is 37. The Labute approximate surface area is 631 Å². The van der Waals surface area contributed by atoms with Crippen molar-refractivity contribution < 1.29 is 0 Å². The number of aromatic nitrogens is 1. The minimum atomic E-state index is -0.601. The predicted molar refractivity (Wildman–Crippen MR) is 449 cm³/mol. The van der Waals surface area contributed by atoms with E-state index in [1.807, 2.05) is 0 Å². The fourth-order valence-corrected chi connectivity index (χ4v) is 22.7. The van der Waals surface area contributed by atoms with Crippen molar-refractivity contribution in [1.29, 1.82) is 0 Å². The van der Waals surface area contributed by atoms with Crippen LogP contribution in [-0.2, 0) is 16.2 Å². The molecule has 26 rings (SSSR count). The number of benzene rings is 17. The van der Waals surface area contributed by atoms with Gasteiger partial charge in [-0.2, -0.15) is 0 Å². The van der Waals surface area contributed by atoms with E-state index < -0.39 is 16.2 Å². The molecule has 0 N–H and O–H groups in total. The molecule has 500 valence electrons. The predicted octanol–water partition coefficient (Wildman–Crippen LogP) is 23.6. The molecule has 0 amide bonds. The zero-order valence-electron chi connectivity index (χ0n) is 59.2. The fraction of sp³-hybridized carbons (Fsp3) is 0.0286. The molecule has 0 unspecified atom stereocenters. The first kappa shape index (κ1) is 58.5. The highest BCUT2D eigenvalue weighted by molar-refractivity contribution is 7.00. The van der Waals surface area contributed by atoms with Gasteiger partial charge in [0.05, 0.1) is 33.0 Å². The Morgan fingerprint density at radius 2 is 0.514 bits per heavy atom. The lowest BCUT2D eigenvalue weighted by Gasteiger charge is -2.45. The average Bonchev–Trinajstić information content (AvgIpc) is 1.55. The van der Waals surface area contributed by atoms with Crippen molar-refractivity contribution in [3.05, 3.63) is 443 Å². The molecule has 17 aromatic carbocycles. The third-order valence-corrected chi connectivity index (χ3v) is 26.6. The maximum Gasteiger partial charge on any atom is 0.252 e. The van der Waals surface area contributed by atoms with Crippen LogP contribution in [0.1, 0.15) is 66.8 Å². The molecule has 4 heteroatoms. The van der Waals surface area contributed by atoms with Gasteiger partial charge in [-0.15, -0.1) is 0 Å². The first-order valence-electron chi connectivity index (χ1n) is 38.4. The van der Waals surface area contributed by atoms with Crippen LogP contribution in [0, 0.1) is 0 Å². The van der Waals surface area contributed by atoms with Crippen LogP contribution in [0.5, 0.6) is 0 Å². The number of hydrogen-bond donors (Lipinski definition) is 0. The van der Waals surface area contributed by atoms with Crippen molar-refractivity contribution in [3.8, 4) is 83.6 Å². The summed E-state index contributed by atoms with van der Waals surface area (Å²) < 4.78 is 2.56. The van der Waals surface area contributed by atoms with Gasteiger partial charge in [-0.05, 0) is 222 Å². The summed E-state index contributed by atoms with van der Waals surface area (Å²) in [5.41, 5.74) is 46.1. The molecule has 6 aliphatic carbocycles. The molecule has 0 radical (unpaired) electrons. The molecule has 0 atom stereocenters. The third-order valence-electron chi connectivity index (χ3n) is 26.6. The van der Waals surface area contributed by atoms with E-state index in [1.54, 1.807) is 0 Å². The largest absolute Gasteiger partial charge is 0.311 e. The Balaban J connectivity index is 0.809. The smallest absolute Gasteiger partial charge is 0.252 e. The summed E-state index contributed by atoms with van der Waals surface area (Å²) in [5.74, 6) is 0. The van der Waals surface area contributed by atoms with Gasteiger partial charge in [0, 0.05) is 44.9 Å². The first-order chi connectivity index (χ1) is 54.1. The van der Waals surface area contributed by atoms with E-state index in [-0.39, 0.29) is 6.71 Å². The van der Waals surface area contributed by atoms with Crippen molar-refractivity contribution >= 4 is 79.0 Å². The highest BCUT2D eigenvalue weighted by atomic mass is 15.2. The van der Waals surface area contributed by atoms with E-state index in [0.717, 1.165) is 45.2 Å². The van der Waals surface area contributed by atoms with Crippen LogP contribution in [0.4, 0.5) is 34.1 Å². The molecular formula is C105H62BN3. The number of anilines is 6. The normalized spacial score (nSPS) is 15.0. The Morgan fingerprint density at radius 1 is 0.193 bits per heavy atom. The van der Waals surface area contributed by atoms with Crippen molar-refractivity contribution in [2.24, 2.45) is 0 Å². The van der Waals surface area contributed by atoms with Gasteiger partial charge in [-0.3, -0.25) is 0 Å². The van der Waals surface area contributed by atoms with Crippen LogP contribution in [0.3, 0.4) is 0 Å². The van der Waals surface area contributed by atoms with Crippen molar-refractivity contribution in [2.75, 3.05) is 9.80 Å². The fourth-order valence-electron chi connectivity index (χ4n) is 22.7. The summed E-state index contributed by atoms with van der Waals surface area (Å²) in [7, 11) is 0. The summed E-state index contributed by atoms with van der Waals surface area (Å²) in [4.78, 5) is 5.40. The Hall–Kier alpha value is -13.8. The third kappa shape index (κ3) is 7.00. The van der Waals surface area contributed by atoms with Gasteiger partial charge in [0.2, 0.25) is 0 Å². The maximum absolute atomic E-state index is 2.72. The first-order valence-corrected chi connectivity index (χ1v) is 38.4. The monoisotopic (exact) mass is 1380 g/mol. The number of nitrogens with zero attached hydrogens (tertiary/aromatic N) is 3. The van der Waals surface area contributed by atoms with Crippen LogP contribution >= 0.6 is 0 Å². The molecule has 8 aliphatic rings. The Kier molecular flexibility index (Phi) is 11.2. The van der Waals surface area contributed by atoms with Crippen molar-refractivity contribution in [3.63, 3.8) is 0 Å². The molecule has 0 bridgehead atoms. The number of para-hydroxylation sites is 2. The highest BCUT2D eigenvalue weighted by Gasteiger charge is 2.57. The highest BCUT2D eigenvalue weighted by Crippen LogP contribution is 2.68. The molecular weight excluding hydrogens is 1310 g/mol. The molecule has 0 fully saturated rings. The van der Waals surface area contributed by atoms with Gasteiger partial charge >= 0.3 is 0 Å². The Bertz CT molecular complexity index is 6980. The molecule has 18 aromatic rings. The summed E-state index contributed by atoms with van der Waals surface area (Å²) in [6.45, 7) is -0.258. The number of hydrogen-bond acceptors (Lipinski definition) is 2. The quantitative estimate of drug-likeness (QED) is 0.163. The summed E-state index contributed by atoms with van der Waals surface area (Å²) in [6, 6.07) is 146. The van der Waals surface area contributed by atoms with Crippen molar-refractivity contribution in [1.82, 2.24) is 4.57 Å². The lowest BCUT2D eigenvalue weighted by atomic mass is 9.33. The van der Waals surface area contributed by atoms with Crippen LogP contribution in [0.25, 0.3) is 105 Å². The summed E-state index contributed by atoms with van der Waals surface area (Å²) in [6.07, 6.45) is 0. The average molecular weight is 1380 g/mol. The standard InChI is InChI=1S/C105H62BN3/c1-2-26-63(27-3-1)64-50-55-98-94(56-64)106-95-62-93-81(76-36-12-23-47-90(76)105(93)86-43-19-8-32-72(86)73-33-9-20-44-87(73)105)61-99(95)108(66-52-54-92-80(58-66)75-35-11-22-46-89(75)104(92)84-41-17-6-30-70(84)71-31-7-18-42-85(71)104)101-60-67(109-96-48-24-13-37-77(96)78-38-14-25-49-97(78)109)59-100(102(101)106)107(98)65-51-53-91-79(57-65)74-34-10-21-45-88(74)103(91)82-39-15-4-28-68(82)69-29-5-16-40-83(69)103/h1-62H. The Morgan fingerprint density at radius 3 is 0.927 bits per heavy atom. The van der Waals surface area contributed by atoms with Gasteiger partial charge in [-0.1, -0.05) is 315 Å². The lowest BCUT2D eigenvalue weighted by molar-refractivity contribution is 0.793. The molecule has 3 spiro atoms. The molecule has 0 saturated carbocycles. The van der Waals surface area contributed by atoms with Crippen LogP contribution in [-0.4, -0.2) is 11.3 Å². The van der Waals surface area contributed by atoms with Gasteiger partial charge in [0.1, 0.15) is 0 Å². The SMILES string of the molecule is c1ccc(-c2ccc3c(c2)B2c4cc5c(cc4N(c4ccc6c(c4)-c4ccccc4C64c6ccccc6-c6ccccc64)c4cc(-n6c7ccccc7c7ccccc76)cc(c42)N3c2ccc3c(c2)-c2ccccc2C32c3ccccc3-c3ccccc32)-c2ccccc2C52c3ccccc3-c3ccccc32)cc1. The van der Waals surface area contributed by atoms with Gasteiger partial charge < -0.3 is 14.4 Å². The van der Waals surface area contributed by atoms with E-state index in [4.69, 9.17) is 0 Å². The molecule has 3 heterocycles. The van der Waals surface area contributed by atoms with Gasteiger partial charge in [0.25, 0.3) is 6.71 Å². The lowest BCUT2D eigenvalue weighted by Crippen LogP contribution is -2.61. The van der Waals surface area contributed by atoms with Crippen molar-refractivity contribution in [2.45, 2.75) is 16.2 Å². The van der Waals surface area contributed by atoms with E-state index >= 15 is 0 Å². The number of rotatable bonds is 4. The zero-order chi connectivity index (χ0) is 70.7. The van der Waals surface area contributed by atoms with E-state index in [2.05, 4.69) is 390 Å². The molecule has 109 heavy (non-hydrogen) atoms. The van der Waals surface area contributed by atoms with E-state index in [1.165, 1.54) is 177 Å². The topological polar surface area (TPSA) is 11.4 Å². The molecule has 2 aliphatic heterocycles. The van der Waals surface area contributed by atoms with E-state index in [9.17, 15) is 0 Å². The summed E-state index contributed by atoms with van der Waals surface area (Å²) >= 11 is 0. The maximum atomic E-state index is 2.72. The second-order valence-electron chi connectivity index (χ2n) is 31.1. The second kappa shape index (κ2) is 20.8. The molecule has 3 nitrogen and oxygen atoms in total. The minimum absolute atomic E-state index is 0.258. The minimum Gasteiger partial charge on any atom is -0.311 e. The van der Waals surface area contributed by atoms with Gasteiger partial charge in [0.15, 0.2) is 0 Å². The van der Waals surface area contributed by atoms with Crippen LogP contribution < -0.4 is 26.2 Å². The molecule has 0 saturated heterocycles.